The van der Waals surface area contributed by atoms with Gasteiger partial charge in [0.2, 0.25) is 11.8 Å². The quantitative estimate of drug-likeness (QED) is 0.605. The number of rotatable bonds is 5. The molecule has 148 valence electrons. The van der Waals surface area contributed by atoms with Crippen LogP contribution in [-0.2, 0) is 9.59 Å². The summed E-state index contributed by atoms with van der Waals surface area (Å²) in [5, 5.41) is 16.0. The Bertz CT molecular complexity index is 896. The Hall–Kier alpha value is -2.81. The van der Waals surface area contributed by atoms with Crippen LogP contribution in [0.3, 0.4) is 0 Å². The molecule has 9 heteroatoms. The molecule has 0 bridgehead atoms. The molecule has 1 aromatic carbocycles. The Labute approximate surface area is 166 Å². The number of aromatic nitrogens is 1. The number of hydrogen-bond acceptors (Lipinski definition) is 6. The van der Waals surface area contributed by atoms with Gasteiger partial charge in [-0.15, -0.1) is 11.3 Å². The lowest BCUT2D eigenvalue weighted by Gasteiger charge is -2.23. The summed E-state index contributed by atoms with van der Waals surface area (Å²) < 4.78 is 0. The van der Waals surface area contributed by atoms with Gasteiger partial charge in [-0.05, 0) is 19.8 Å². The molecule has 0 atom stereocenters. The van der Waals surface area contributed by atoms with E-state index in [9.17, 15) is 19.7 Å². The van der Waals surface area contributed by atoms with Gasteiger partial charge in [0.15, 0.2) is 5.13 Å². The number of nitro groups is 1. The lowest BCUT2D eigenvalue weighted by atomic mass is 10.1. The maximum atomic E-state index is 12.3. The van der Waals surface area contributed by atoms with E-state index in [1.807, 2.05) is 0 Å². The Morgan fingerprint density at radius 1 is 1.32 bits per heavy atom. The van der Waals surface area contributed by atoms with Crippen LogP contribution >= 0.6 is 11.3 Å². The zero-order valence-corrected chi connectivity index (χ0v) is 16.5. The van der Waals surface area contributed by atoms with E-state index in [4.69, 9.17) is 0 Å². The van der Waals surface area contributed by atoms with Gasteiger partial charge in [0, 0.05) is 35.5 Å². The van der Waals surface area contributed by atoms with Crippen LogP contribution in [-0.4, -0.2) is 39.7 Å². The highest BCUT2D eigenvalue weighted by molar-refractivity contribution is 7.14. The number of carbonyl (C=O) groups is 2. The lowest BCUT2D eigenvalue weighted by molar-refractivity contribution is -0.385. The molecule has 1 saturated heterocycles. The van der Waals surface area contributed by atoms with E-state index in [1.54, 1.807) is 29.3 Å². The average Bonchev–Trinajstić information content (AvgIpc) is 3.10. The van der Waals surface area contributed by atoms with E-state index >= 15 is 0 Å². The lowest BCUT2D eigenvalue weighted by Crippen LogP contribution is -2.39. The van der Waals surface area contributed by atoms with Crippen molar-refractivity contribution in [2.45, 2.75) is 39.0 Å². The van der Waals surface area contributed by atoms with Crippen molar-refractivity contribution in [3.63, 3.8) is 0 Å². The Morgan fingerprint density at radius 2 is 2.11 bits per heavy atom. The van der Waals surface area contributed by atoms with Gasteiger partial charge in [-0.1, -0.05) is 25.0 Å². The molecule has 2 amide bonds. The Morgan fingerprint density at radius 3 is 2.89 bits per heavy atom. The third-order valence-electron chi connectivity index (χ3n) is 4.71. The van der Waals surface area contributed by atoms with Gasteiger partial charge in [0.05, 0.1) is 17.2 Å². The highest BCUT2D eigenvalue weighted by atomic mass is 32.1. The normalized spacial score (nSPS) is 15.0. The second kappa shape index (κ2) is 8.92. The number of anilines is 1. The third kappa shape index (κ3) is 4.92. The number of nitrogens with one attached hydrogen (secondary N) is 1. The van der Waals surface area contributed by atoms with Crippen LogP contribution in [0.25, 0.3) is 11.3 Å². The smallest absolute Gasteiger partial charge is 0.272 e. The van der Waals surface area contributed by atoms with Gasteiger partial charge >= 0.3 is 0 Å². The number of nitro benzene ring substituents is 1. The second-order valence-electron chi connectivity index (χ2n) is 6.82. The zero-order chi connectivity index (χ0) is 20.1. The summed E-state index contributed by atoms with van der Waals surface area (Å²) in [6.07, 6.45) is 4.40. The van der Waals surface area contributed by atoms with Crippen molar-refractivity contribution in [1.82, 2.24) is 9.88 Å². The molecule has 1 aromatic heterocycles. The molecule has 1 aliphatic rings. The topological polar surface area (TPSA) is 105 Å². The first-order valence-electron chi connectivity index (χ1n) is 9.22. The Kier molecular flexibility index (Phi) is 6.35. The van der Waals surface area contributed by atoms with E-state index in [2.05, 4.69) is 10.3 Å². The summed E-state index contributed by atoms with van der Waals surface area (Å²) in [4.78, 5) is 41.1. The highest BCUT2D eigenvalue weighted by Crippen LogP contribution is 2.29. The van der Waals surface area contributed by atoms with Crippen molar-refractivity contribution in [2.24, 2.45) is 0 Å². The van der Waals surface area contributed by atoms with Crippen molar-refractivity contribution >= 4 is 34.0 Å². The molecular formula is C19H22N4O4S. The number of hydrogen-bond donors (Lipinski definition) is 1. The largest absolute Gasteiger partial charge is 0.333 e. The number of carbonyl (C=O) groups excluding carboxylic acids is 2. The van der Waals surface area contributed by atoms with Gasteiger partial charge in [-0.25, -0.2) is 4.98 Å². The van der Waals surface area contributed by atoms with Crippen molar-refractivity contribution in [2.75, 3.05) is 18.4 Å². The van der Waals surface area contributed by atoms with Crippen molar-refractivity contribution in [3.05, 3.63) is 39.3 Å². The molecular weight excluding hydrogens is 380 g/mol. The van der Waals surface area contributed by atoms with Crippen LogP contribution in [0.4, 0.5) is 10.8 Å². The van der Waals surface area contributed by atoms with Crippen LogP contribution in [0, 0.1) is 17.0 Å². The molecule has 2 heterocycles. The van der Waals surface area contributed by atoms with Crippen LogP contribution in [0.1, 0.15) is 37.7 Å². The third-order valence-corrected chi connectivity index (χ3v) is 5.47. The summed E-state index contributed by atoms with van der Waals surface area (Å²) in [5.74, 6) is -0.272. The van der Waals surface area contributed by atoms with Gasteiger partial charge < -0.3 is 10.2 Å². The molecule has 0 unspecified atom stereocenters. The minimum absolute atomic E-state index is 0.0154. The van der Waals surface area contributed by atoms with E-state index in [1.165, 1.54) is 17.4 Å². The summed E-state index contributed by atoms with van der Waals surface area (Å²) in [5.41, 5.74) is 1.79. The molecule has 1 fully saturated rings. The minimum atomic E-state index is -0.422. The number of aryl methyl sites for hydroxylation is 1. The fourth-order valence-corrected chi connectivity index (χ4v) is 3.88. The summed E-state index contributed by atoms with van der Waals surface area (Å²) in [7, 11) is 0. The molecule has 0 radical (unpaired) electrons. The van der Waals surface area contributed by atoms with Crippen molar-refractivity contribution in [1.29, 1.82) is 0 Å². The molecule has 0 spiro atoms. The molecule has 3 rings (SSSR count). The summed E-state index contributed by atoms with van der Waals surface area (Å²) in [6, 6.07) is 4.93. The number of nitrogens with zero attached hydrogens (tertiary/aromatic N) is 3. The summed E-state index contributed by atoms with van der Waals surface area (Å²) >= 11 is 1.25. The molecule has 0 saturated carbocycles. The van der Waals surface area contributed by atoms with Gasteiger partial charge in [-0.3, -0.25) is 19.7 Å². The highest BCUT2D eigenvalue weighted by Gasteiger charge is 2.19. The number of benzene rings is 1. The van der Waals surface area contributed by atoms with Gasteiger partial charge in [0.25, 0.3) is 5.69 Å². The first-order valence-corrected chi connectivity index (χ1v) is 10.1. The van der Waals surface area contributed by atoms with Crippen LogP contribution in [0.15, 0.2) is 23.6 Å². The predicted molar refractivity (Wildman–Crippen MR) is 107 cm³/mol. The molecule has 2 aromatic rings. The van der Waals surface area contributed by atoms with E-state index < -0.39 is 4.92 Å². The van der Waals surface area contributed by atoms with Crippen LogP contribution in [0.2, 0.25) is 0 Å². The first kappa shape index (κ1) is 19.9. The van der Waals surface area contributed by atoms with Crippen LogP contribution in [0.5, 0.6) is 0 Å². The number of amides is 2. The molecule has 1 aliphatic heterocycles. The van der Waals surface area contributed by atoms with E-state index in [0.717, 1.165) is 25.7 Å². The van der Waals surface area contributed by atoms with Gasteiger partial charge in [0.1, 0.15) is 0 Å². The number of thiazole rings is 1. The van der Waals surface area contributed by atoms with E-state index in [-0.39, 0.29) is 24.0 Å². The fourth-order valence-electron chi connectivity index (χ4n) is 3.14. The monoisotopic (exact) mass is 402 g/mol. The second-order valence-corrected chi connectivity index (χ2v) is 7.68. The molecule has 28 heavy (non-hydrogen) atoms. The maximum Gasteiger partial charge on any atom is 0.272 e. The van der Waals surface area contributed by atoms with E-state index in [0.29, 0.717) is 34.9 Å². The standard InChI is InChI=1S/C19H22N4O4S/c1-13-7-8-14(10-16(13)23(26)27)15-12-28-19(20-15)21-17(24)11-22-9-5-3-2-4-6-18(22)25/h7-8,10,12H,2-6,9,11H2,1H3,(H,20,21,24). The molecule has 0 aliphatic carbocycles. The fraction of sp³-hybridized carbons (Fsp3) is 0.421. The maximum absolute atomic E-state index is 12.3. The Balaban J connectivity index is 1.65. The minimum Gasteiger partial charge on any atom is -0.333 e. The summed E-state index contributed by atoms with van der Waals surface area (Å²) in [6.45, 7) is 2.30. The number of likely N-dealkylation sites (tertiary alicyclic amines) is 1. The van der Waals surface area contributed by atoms with Crippen LogP contribution < -0.4 is 5.32 Å². The van der Waals surface area contributed by atoms with Gasteiger partial charge in [-0.2, -0.15) is 0 Å². The zero-order valence-electron chi connectivity index (χ0n) is 15.6. The molecule has 1 N–H and O–H groups in total. The average molecular weight is 402 g/mol. The van der Waals surface area contributed by atoms with Crippen molar-refractivity contribution in [3.8, 4) is 11.3 Å². The molecule has 8 nitrogen and oxygen atoms in total. The van der Waals surface area contributed by atoms with Crippen molar-refractivity contribution < 1.29 is 14.5 Å². The first-order chi connectivity index (χ1) is 13.4. The predicted octanol–water partition coefficient (Wildman–Crippen LogP) is 3.76. The SMILES string of the molecule is Cc1ccc(-c2csc(NC(=O)CN3CCCCCCC3=O)n2)cc1[N+](=O)[O-].